The van der Waals surface area contributed by atoms with E-state index in [-0.39, 0.29) is 10.8 Å². The molecule has 1 N–H and O–H groups in total. The Bertz CT molecular complexity index is 851. The fraction of sp³-hybridized carbons (Fsp3) is 0.176. The van der Waals surface area contributed by atoms with Crippen LogP contribution in [0.25, 0.3) is 0 Å². The summed E-state index contributed by atoms with van der Waals surface area (Å²) in [6, 6.07) is 12.6. The number of benzene rings is 2. The molecule has 1 atom stereocenters. The van der Waals surface area contributed by atoms with E-state index >= 15 is 0 Å². The number of para-hydroxylation sites is 1. The van der Waals surface area contributed by atoms with Crippen LogP contribution in [0.3, 0.4) is 0 Å². The van der Waals surface area contributed by atoms with Crippen LogP contribution in [-0.2, 0) is 0 Å². The SMILES string of the molecule is O=C1c2cc(Cl)c(Cl)cc2N=C2N(c3ccccc3)CC[C@@]12O. The molecule has 0 spiro atoms. The van der Waals surface area contributed by atoms with Crippen LogP contribution in [0.2, 0.25) is 10.0 Å². The van der Waals surface area contributed by atoms with Crippen molar-refractivity contribution in [3.05, 3.63) is 58.1 Å². The van der Waals surface area contributed by atoms with Crippen LogP contribution in [0.15, 0.2) is 47.5 Å². The van der Waals surface area contributed by atoms with Crippen molar-refractivity contribution in [2.24, 2.45) is 4.99 Å². The zero-order valence-corrected chi connectivity index (χ0v) is 13.5. The lowest BCUT2D eigenvalue weighted by Crippen LogP contribution is -2.48. The Balaban J connectivity index is 1.90. The standard InChI is InChI=1S/C17H12Cl2N2O2/c18-12-8-11-14(9-13(12)19)20-16-17(23,15(11)22)6-7-21(16)10-4-2-1-3-5-10/h1-5,8-9,23H,6-7H2/t17-/m1/s1. The van der Waals surface area contributed by atoms with Crippen molar-refractivity contribution in [3.63, 3.8) is 0 Å². The number of carbonyl (C=O) groups excluding carboxylic acids is 1. The van der Waals surface area contributed by atoms with Gasteiger partial charge >= 0.3 is 0 Å². The second-order valence-corrected chi connectivity index (χ2v) is 6.46. The molecule has 0 unspecified atom stereocenters. The van der Waals surface area contributed by atoms with Crippen LogP contribution in [0.5, 0.6) is 0 Å². The summed E-state index contributed by atoms with van der Waals surface area (Å²) in [5.41, 5.74) is 0.0194. The molecule has 0 aliphatic carbocycles. The number of Topliss-reactive ketones (excluding diaryl/α,β-unsaturated/α-hetero) is 1. The lowest BCUT2D eigenvalue weighted by molar-refractivity contribution is 0.0602. The summed E-state index contributed by atoms with van der Waals surface area (Å²) in [6.45, 7) is 0.514. The van der Waals surface area contributed by atoms with Crippen LogP contribution in [-0.4, -0.2) is 28.9 Å². The Morgan fingerprint density at radius 2 is 1.83 bits per heavy atom. The maximum atomic E-state index is 12.8. The number of hydrogen-bond acceptors (Lipinski definition) is 4. The summed E-state index contributed by atoms with van der Waals surface area (Å²) in [5, 5.41) is 11.5. The summed E-state index contributed by atoms with van der Waals surface area (Å²) in [7, 11) is 0. The maximum Gasteiger partial charge on any atom is 0.204 e. The second-order valence-electron chi connectivity index (χ2n) is 5.65. The third-order valence-electron chi connectivity index (χ3n) is 4.28. The summed E-state index contributed by atoms with van der Waals surface area (Å²) in [6.07, 6.45) is 0.291. The predicted molar refractivity (Wildman–Crippen MR) is 91.2 cm³/mol. The molecule has 4 rings (SSSR count). The monoisotopic (exact) mass is 346 g/mol. The van der Waals surface area contributed by atoms with Gasteiger partial charge in [0.15, 0.2) is 5.60 Å². The molecule has 116 valence electrons. The van der Waals surface area contributed by atoms with E-state index in [1.54, 1.807) is 6.07 Å². The van der Waals surface area contributed by atoms with Gasteiger partial charge in [-0.2, -0.15) is 0 Å². The van der Waals surface area contributed by atoms with Crippen molar-refractivity contribution >= 4 is 46.2 Å². The topological polar surface area (TPSA) is 52.9 Å². The second kappa shape index (κ2) is 5.06. The van der Waals surface area contributed by atoms with Crippen molar-refractivity contribution < 1.29 is 9.90 Å². The first-order chi connectivity index (χ1) is 11.0. The van der Waals surface area contributed by atoms with E-state index in [0.29, 0.717) is 35.1 Å². The largest absolute Gasteiger partial charge is 0.374 e. The smallest absolute Gasteiger partial charge is 0.204 e. The van der Waals surface area contributed by atoms with Gasteiger partial charge in [0.05, 0.1) is 15.7 Å². The molecule has 0 amide bonds. The molecule has 4 nitrogen and oxygen atoms in total. The van der Waals surface area contributed by atoms with Gasteiger partial charge in [-0.1, -0.05) is 41.4 Å². The minimum Gasteiger partial charge on any atom is -0.374 e. The Morgan fingerprint density at radius 3 is 2.57 bits per heavy atom. The molecule has 0 bridgehead atoms. The van der Waals surface area contributed by atoms with E-state index in [1.165, 1.54) is 6.07 Å². The van der Waals surface area contributed by atoms with Gasteiger partial charge in [0.25, 0.3) is 0 Å². The summed E-state index contributed by atoms with van der Waals surface area (Å²) < 4.78 is 0. The van der Waals surface area contributed by atoms with E-state index in [1.807, 2.05) is 35.2 Å². The third kappa shape index (κ3) is 2.10. The van der Waals surface area contributed by atoms with Gasteiger partial charge in [-0.25, -0.2) is 4.99 Å². The Hall–Kier alpha value is -1.88. The molecule has 0 radical (unpaired) electrons. The number of nitrogens with zero attached hydrogens (tertiary/aromatic N) is 2. The number of carbonyl (C=O) groups is 1. The molecular formula is C17H12Cl2N2O2. The number of amidine groups is 1. The van der Waals surface area contributed by atoms with Crippen LogP contribution in [0.1, 0.15) is 16.8 Å². The minimum atomic E-state index is -1.61. The van der Waals surface area contributed by atoms with E-state index < -0.39 is 5.60 Å². The quantitative estimate of drug-likeness (QED) is 0.852. The van der Waals surface area contributed by atoms with Crippen molar-refractivity contribution in [1.29, 1.82) is 0 Å². The van der Waals surface area contributed by atoms with Gasteiger partial charge in [-0.15, -0.1) is 0 Å². The summed E-state index contributed by atoms with van der Waals surface area (Å²) >= 11 is 12.0. The Kier molecular flexibility index (Phi) is 3.23. The van der Waals surface area contributed by atoms with Gasteiger partial charge in [0, 0.05) is 24.2 Å². The number of anilines is 1. The van der Waals surface area contributed by atoms with Crippen LogP contribution in [0, 0.1) is 0 Å². The first kappa shape index (κ1) is 14.7. The highest BCUT2D eigenvalue weighted by molar-refractivity contribution is 6.43. The average Bonchev–Trinajstić information content (AvgIpc) is 2.89. The first-order valence-electron chi connectivity index (χ1n) is 7.19. The van der Waals surface area contributed by atoms with E-state index in [4.69, 9.17) is 23.2 Å². The zero-order valence-electron chi connectivity index (χ0n) is 12.0. The number of rotatable bonds is 1. The van der Waals surface area contributed by atoms with Crippen LogP contribution < -0.4 is 4.90 Å². The molecule has 2 aromatic rings. The average molecular weight is 347 g/mol. The van der Waals surface area contributed by atoms with Crippen LogP contribution in [0.4, 0.5) is 11.4 Å². The number of fused-ring (bicyclic) bond motifs is 2. The maximum absolute atomic E-state index is 12.8. The molecule has 1 saturated heterocycles. The molecule has 1 fully saturated rings. The van der Waals surface area contributed by atoms with Gasteiger partial charge in [-0.3, -0.25) is 4.79 Å². The molecule has 2 heterocycles. The molecule has 2 aliphatic heterocycles. The van der Waals surface area contributed by atoms with E-state index in [2.05, 4.69) is 4.99 Å². The molecular weight excluding hydrogens is 335 g/mol. The van der Waals surface area contributed by atoms with Crippen molar-refractivity contribution in [3.8, 4) is 0 Å². The minimum absolute atomic E-state index is 0.277. The highest BCUT2D eigenvalue weighted by Crippen LogP contribution is 2.41. The molecule has 6 heteroatoms. The van der Waals surface area contributed by atoms with E-state index in [0.717, 1.165) is 5.69 Å². The van der Waals surface area contributed by atoms with Crippen molar-refractivity contribution in [2.45, 2.75) is 12.0 Å². The number of aliphatic imine (C=N–C) groups is 1. The Labute approximate surface area is 143 Å². The number of ketones is 1. The zero-order chi connectivity index (χ0) is 16.2. The summed E-state index contributed by atoms with van der Waals surface area (Å²) in [5.74, 6) is -0.0333. The van der Waals surface area contributed by atoms with Crippen LogP contribution >= 0.6 is 23.2 Å². The highest BCUT2D eigenvalue weighted by atomic mass is 35.5. The van der Waals surface area contributed by atoms with Gasteiger partial charge in [-0.05, 0) is 24.3 Å². The molecule has 23 heavy (non-hydrogen) atoms. The summed E-state index contributed by atoms with van der Waals surface area (Å²) in [4.78, 5) is 19.2. The molecule has 0 saturated carbocycles. The van der Waals surface area contributed by atoms with Gasteiger partial charge in [0.2, 0.25) is 5.78 Å². The normalized spacial score (nSPS) is 22.7. The molecule has 2 aliphatic rings. The Morgan fingerprint density at radius 1 is 1.13 bits per heavy atom. The van der Waals surface area contributed by atoms with Gasteiger partial charge in [0.1, 0.15) is 5.84 Å². The number of halogens is 2. The molecule has 0 aromatic heterocycles. The lowest BCUT2D eigenvalue weighted by Gasteiger charge is -2.29. The van der Waals surface area contributed by atoms with Gasteiger partial charge < -0.3 is 10.0 Å². The lowest BCUT2D eigenvalue weighted by atomic mass is 9.87. The number of aliphatic hydroxyl groups is 1. The van der Waals surface area contributed by atoms with Crippen molar-refractivity contribution in [1.82, 2.24) is 0 Å². The first-order valence-corrected chi connectivity index (χ1v) is 7.94. The number of hydrogen-bond donors (Lipinski definition) is 1. The predicted octanol–water partition coefficient (Wildman–Crippen LogP) is 3.86. The third-order valence-corrected chi connectivity index (χ3v) is 5.00. The highest BCUT2D eigenvalue weighted by Gasteiger charge is 2.52. The van der Waals surface area contributed by atoms with E-state index in [9.17, 15) is 9.90 Å². The van der Waals surface area contributed by atoms with Crippen molar-refractivity contribution in [2.75, 3.05) is 11.4 Å². The molecule has 2 aromatic carbocycles. The fourth-order valence-electron chi connectivity index (χ4n) is 3.09. The fourth-order valence-corrected chi connectivity index (χ4v) is 3.41.